The quantitative estimate of drug-likeness (QED) is 0.943. The Bertz CT molecular complexity index is 570. The number of aliphatic hydroxyl groups excluding tert-OH is 1. The van der Waals surface area contributed by atoms with E-state index in [9.17, 15) is 5.11 Å². The second-order valence-corrected chi connectivity index (χ2v) is 6.59. The van der Waals surface area contributed by atoms with Gasteiger partial charge in [-0.05, 0) is 24.1 Å². The predicted octanol–water partition coefficient (Wildman–Crippen LogP) is 2.95. The lowest BCUT2D eigenvalue weighted by Crippen LogP contribution is -2.21. The lowest BCUT2D eigenvalue weighted by Gasteiger charge is -2.12. The van der Waals surface area contributed by atoms with Crippen LogP contribution in [0.3, 0.4) is 0 Å². The molecule has 1 fully saturated rings. The summed E-state index contributed by atoms with van der Waals surface area (Å²) in [6.07, 6.45) is 1.56. The first-order chi connectivity index (χ1) is 9.69. The molecule has 20 heavy (non-hydrogen) atoms. The Hall–Kier alpha value is -0.940. The number of benzene rings is 1. The maximum absolute atomic E-state index is 9.53. The zero-order valence-corrected chi connectivity index (χ0v) is 12.7. The molecule has 0 saturated carbocycles. The van der Waals surface area contributed by atoms with Crippen LogP contribution in [-0.4, -0.2) is 34.2 Å². The van der Waals surface area contributed by atoms with Crippen LogP contribution in [-0.2, 0) is 13.0 Å². The van der Waals surface area contributed by atoms with Crippen LogP contribution in [0.15, 0.2) is 29.6 Å². The van der Waals surface area contributed by atoms with Crippen LogP contribution in [0.2, 0.25) is 5.02 Å². The zero-order chi connectivity index (χ0) is 13.9. The number of halogens is 1. The SMILES string of the molecule is O[C@H]1CCN(Cc2csc(Cc3ccc(Cl)cc3)n2)C1. The molecule has 0 unspecified atom stereocenters. The number of hydrogen-bond donors (Lipinski definition) is 1. The number of nitrogens with zero attached hydrogens (tertiary/aromatic N) is 2. The second kappa shape index (κ2) is 6.22. The molecule has 1 saturated heterocycles. The Balaban J connectivity index is 1.60. The van der Waals surface area contributed by atoms with Crippen molar-refractivity contribution in [3.63, 3.8) is 0 Å². The lowest BCUT2D eigenvalue weighted by molar-refractivity contribution is 0.174. The van der Waals surface area contributed by atoms with Crippen LogP contribution in [0.1, 0.15) is 22.7 Å². The van der Waals surface area contributed by atoms with Crippen molar-refractivity contribution in [2.45, 2.75) is 25.5 Å². The van der Waals surface area contributed by atoms with E-state index in [0.29, 0.717) is 0 Å². The van der Waals surface area contributed by atoms with Crippen LogP contribution in [0, 0.1) is 0 Å². The van der Waals surface area contributed by atoms with Gasteiger partial charge in [0.05, 0.1) is 16.8 Å². The second-order valence-electron chi connectivity index (χ2n) is 5.21. The Morgan fingerprint density at radius 3 is 2.85 bits per heavy atom. The van der Waals surface area contributed by atoms with Crippen LogP contribution in [0.25, 0.3) is 0 Å². The molecule has 106 valence electrons. The van der Waals surface area contributed by atoms with Crippen molar-refractivity contribution in [2.75, 3.05) is 13.1 Å². The molecule has 3 rings (SSSR count). The highest BCUT2D eigenvalue weighted by molar-refractivity contribution is 7.09. The Morgan fingerprint density at radius 2 is 2.15 bits per heavy atom. The summed E-state index contributed by atoms with van der Waals surface area (Å²) in [7, 11) is 0. The molecule has 1 atom stereocenters. The number of β-amino-alcohol motifs (C(OH)–C–C–N with tert-alkyl or cyclic N) is 1. The van der Waals surface area contributed by atoms with Crippen LogP contribution >= 0.6 is 22.9 Å². The van der Waals surface area contributed by atoms with E-state index in [2.05, 4.69) is 15.3 Å². The van der Waals surface area contributed by atoms with E-state index in [1.54, 1.807) is 11.3 Å². The molecule has 0 aliphatic carbocycles. The lowest BCUT2D eigenvalue weighted by atomic mass is 10.2. The Kier molecular flexibility index (Phi) is 4.36. The standard InChI is InChI=1S/C15H17ClN2OS/c16-12-3-1-11(2-4-12)7-15-17-13(10-20-15)8-18-6-5-14(19)9-18/h1-4,10,14,19H,5-9H2/t14-/m0/s1. The molecule has 0 bridgehead atoms. The van der Waals surface area contributed by atoms with Gasteiger partial charge in [0.1, 0.15) is 0 Å². The summed E-state index contributed by atoms with van der Waals surface area (Å²) in [6, 6.07) is 7.91. The van der Waals surface area contributed by atoms with E-state index in [1.165, 1.54) is 5.56 Å². The minimum absolute atomic E-state index is 0.165. The van der Waals surface area contributed by atoms with E-state index in [4.69, 9.17) is 11.6 Å². The van der Waals surface area contributed by atoms with E-state index in [1.807, 2.05) is 24.3 Å². The van der Waals surface area contributed by atoms with Gasteiger partial charge in [-0.3, -0.25) is 4.90 Å². The zero-order valence-electron chi connectivity index (χ0n) is 11.1. The number of rotatable bonds is 4. The minimum atomic E-state index is -0.165. The Labute approximate surface area is 127 Å². The van der Waals surface area contributed by atoms with Gasteiger partial charge in [-0.15, -0.1) is 11.3 Å². The highest BCUT2D eigenvalue weighted by Crippen LogP contribution is 2.19. The molecule has 1 aliphatic rings. The molecule has 3 nitrogen and oxygen atoms in total. The summed E-state index contributed by atoms with van der Waals surface area (Å²) in [5.74, 6) is 0. The maximum atomic E-state index is 9.53. The summed E-state index contributed by atoms with van der Waals surface area (Å²) in [5, 5.41) is 13.5. The highest BCUT2D eigenvalue weighted by Gasteiger charge is 2.20. The fourth-order valence-corrected chi connectivity index (χ4v) is 3.41. The van der Waals surface area contributed by atoms with Crippen molar-refractivity contribution in [1.82, 2.24) is 9.88 Å². The first-order valence-corrected chi connectivity index (χ1v) is 8.03. The highest BCUT2D eigenvalue weighted by atomic mass is 35.5. The summed E-state index contributed by atoms with van der Waals surface area (Å²) in [5.41, 5.74) is 2.33. The van der Waals surface area contributed by atoms with Crippen molar-refractivity contribution in [1.29, 1.82) is 0 Å². The third-order valence-corrected chi connectivity index (χ3v) is 4.65. The van der Waals surface area contributed by atoms with Gasteiger partial charge in [-0.25, -0.2) is 4.98 Å². The first-order valence-electron chi connectivity index (χ1n) is 6.77. The molecular weight excluding hydrogens is 292 g/mol. The number of likely N-dealkylation sites (tertiary alicyclic amines) is 1. The van der Waals surface area contributed by atoms with Gasteiger partial charge in [-0.2, -0.15) is 0 Å². The van der Waals surface area contributed by atoms with E-state index < -0.39 is 0 Å². The largest absolute Gasteiger partial charge is 0.392 e. The van der Waals surface area contributed by atoms with Crippen molar-refractivity contribution >= 4 is 22.9 Å². The summed E-state index contributed by atoms with van der Waals surface area (Å²) < 4.78 is 0. The van der Waals surface area contributed by atoms with E-state index >= 15 is 0 Å². The smallest absolute Gasteiger partial charge is 0.0972 e. The summed E-state index contributed by atoms with van der Waals surface area (Å²) in [4.78, 5) is 6.93. The first kappa shape index (κ1) is 14.0. The van der Waals surface area contributed by atoms with Crippen molar-refractivity contribution in [2.24, 2.45) is 0 Å². The third-order valence-electron chi connectivity index (χ3n) is 3.50. The molecule has 2 aromatic rings. The normalized spacial score (nSPS) is 19.6. The Morgan fingerprint density at radius 1 is 1.35 bits per heavy atom. The third kappa shape index (κ3) is 3.58. The van der Waals surface area contributed by atoms with Crippen molar-refractivity contribution < 1.29 is 5.11 Å². The number of thiazole rings is 1. The minimum Gasteiger partial charge on any atom is -0.392 e. The topological polar surface area (TPSA) is 36.4 Å². The molecule has 1 N–H and O–H groups in total. The molecular formula is C15H17ClN2OS. The van der Waals surface area contributed by atoms with Crippen molar-refractivity contribution in [3.8, 4) is 0 Å². The maximum Gasteiger partial charge on any atom is 0.0972 e. The van der Waals surface area contributed by atoms with Gasteiger partial charge >= 0.3 is 0 Å². The molecule has 1 aliphatic heterocycles. The van der Waals surface area contributed by atoms with Gasteiger partial charge in [-0.1, -0.05) is 23.7 Å². The van der Waals surface area contributed by atoms with E-state index in [0.717, 1.165) is 48.2 Å². The molecule has 5 heteroatoms. The molecule has 1 aromatic heterocycles. The van der Waals surface area contributed by atoms with Crippen molar-refractivity contribution in [3.05, 3.63) is 50.9 Å². The van der Waals surface area contributed by atoms with Gasteiger partial charge in [0.15, 0.2) is 0 Å². The van der Waals surface area contributed by atoms with Gasteiger partial charge in [0.25, 0.3) is 0 Å². The number of hydrogen-bond acceptors (Lipinski definition) is 4. The summed E-state index contributed by atoms with van der Waals surface area (Å²) in [6.45, 7) is 2.57. The summed E-state index contributed by atoms with van der Waals surface area (Å²) >= 11 is 7.59. The number of aromatic nitrogens is 1. The van der Waals surface area contributed by atoms with Gasteiger partial charge in [0, 0.05) is 36.5 Å². The fourth-order valence-electron chi connectivity index (χ4n) is 2.46. The predicted molar refractivity (Wildman–Crippen MR) is 82.3 cm³/mol. The molecule has 0 amide bonds. The van der Waals surface area contributed by atoms with Crippen LogP contribution in [0.5, 0.6) is 0 Å². The molecule has 1 aromatic carbocycles. The van der Waals surface area contributed by atoms with Gasteiger partial charge < -0.3 is 5.11 Å². The molecule has 0 spiro atoms. The number of aliphatic hydroxyl groups is 1. The average Bonchev–Trinajstić information content (AvgIpc) is 3.02. The average molecular weight is 309 g/mol. The molecule has 0 radical (unpaired) electrons. The molecule has 2 heterocycles. The monoisotopic (exact) mass is 308 g/mol. The fraction of sp³-hybridized carbons (Fsp3) is 0.400. The van der Waals surface area contributed by atoms with Crippen LogP contribution < -0.4 is 0 Å². The van der Waals surface area contributed by atoms with Crippen LogP contribution in [0.4, 0.5) is 0 Å². The van der Waals surface area contributed by atoms with E-state index in [-0.39, 0.29) is 6.10 Å². The van der Waals surface area contributed by atoms with Gasteiger partial charge in [0.2, 0.25) is 0 Å².